The molecule has 1 unspecified atom stereocenters. The van der Waals surface area contributed by atoms with E-state index in [1.807, 2.05) is 18.2 Å². The summed E-state index contributed by atoms with van der Waals surface area (Å²) in [6.45, 7) is 0.0809. The zero-order valence-electron chi connectivity index (χ0n) is 12.7. The van der Waals surface area contributed by atoms with Crippen LogP contribution in [0.25, 0.3) is 0 Å². The van der Waals surface area contributed by atoms with Crippen molar-refractivity contribution in [2.45, 2.75) is 31.3 Å². The van der Waals surface area contributed by atoms with Gasteiger partial charge in [0.05, 0.1) is 6.54 Å². The van der Waals surface area contributed by atoms with Crippen molar-refractivity contribution in [1.29, 1.82) is 0 Å². The molecule has 23 heavy (non-hydrogen) atoms. The van der Waals surface area contributed by atoms with Crippen LogP contribution < -0.4 is 5.32 Å². The fraction of sp³-hybridized carbons (Fsp3) is 0.400. The Hall–Kier alpha value is -2.77. The van der Waals surface area contributed by atoms with E-state index in [1.165, 1.54) is 15.1 Å². The van der Waals surface area contributed by atoms with Crippen molar-refractivity contribution in [3.8, 4) is 0 Å². The van der Waals surface area contributed by atoms with E-state index in [4.69, 9.17) is 0 Å². The Morgan fingerprint density at radius 2 is 2.04 bits per heavy atom. The quantitative estimate of drug-likeness (QED) is 0.799. The summed E-state index contributed by atoms with van der Waals surface area (Å²) in [6.07, 6.45) is 1.92. The maximum Gasteiger partial charge on any atom is 0.325 e. The predicted molar refractivity (Wildman–Crippen MR) is 79.1 cm³/mol. The standard InChI is InChI=1S/C15H16N6O2/c1-20-12(17-18-19-20)9-21-13(22)15(16-14(21)23)7-6-10-4-2-3-5-11(10)8-15/h2-5H,6-9H2,1H3,(H,16,23). The van der Waals surface area contributed by atoms with E-state index >= 15 is 0 Å². The van der Waals surface area contributed by atoms with Gasteiger partial charge in [0.1, 0.15) is 5.54 Å². The van der Waals surface area contributed by atoms with Crippen LogP contribution in [-0.4, -0.2) is 42.6 Å². The second-order valence-electron chi connectivity index (χ2n) is 6.07. The zero-order chi connectivity index (χ0) is 16.0. The number of nitrogens with zero attached hydrogens (tertiary/aromatic N) is 5. The number of benzene rings is 1. The highest BCUT2D eigenvalue weighted by atomic mass is 16.2. The highest BCUT2D eigenvalue weighted by Gasteiger charge is 2.52. The number of hydrogen-bond donors (Lipinski definition) is 1. The van der Waals surface area contributed by atoms with Crippen molar-refractivity contribution < 1.29 is 9.59 Å². The van der Waals surface area contributed by atoms with Crippen LogP contribution in [0, 0.1) is 0 Å². The Balaban J connectivity index is 1.62. The molecule has 0 saturated carbocycles. The first kappa shape index (κ1) is 13.9. The number of nitrogens with one attached hydrogen (secondary N) is 1. The average molecular weight is 312 g/mol. The second kappa shape index (κ2) is 4.87. The fourth-order valence-electron chi connectivity index (χ4n) is 3.37. The predicted octanol–water partition coefficient (Wildman–Crippen LogP) is 0.190. The molecule has 0 bridgehead atoms. The minimum atomic E-state index is -0.836. The summed E-state index contributed by atoms with van der Waals surface area (Å²) in [7, 11) is 1.68. The lowest BCUT2D eigenvalue weighted by molar-refractivity contribution is -0.132. The van der Waals surface area contributed by atoms with Crippen LogP contribution >= 0.6 is 0 Å². The monoisotopic (exact) mass is 312 g/mol. The molecule has 3 amide bonds. The molecule has 2 aromatic rings. The maximum atomic E-state index is 12.9. The first-order valence-electron chi connectivity index (χ1n) is 7.51. The number of aromatic nitrogens is 4. The van der Waals surface area contributed by atoms with Gasteiger partial charge in [-0.1, -0.05) is 24.3 Å². The number of imide groups is 1. The lowest BCUT2D eigenvalue weighted by Gasteiger charge is -2.32. The van der Waals surface area contributed by atoms with Gasteiger partial charge in [0.15, 0.2) is 5.82 Å². The van der Waals surface area contributed by atoms with E-state index in [9.17, 15) is 9.59 Å². The van der Waals surface area contributed by atoms with Gasteiger partial charge in [-0.05, 0) is 34.4 Å². The Labute approximate surface area is 132 Å². The number of carbonyl (C=O) groups is 2. The number of hydrogen-bond acceptors (Lipinski definition) is 5. The number of rotatable bonds is 2. The van der Waals surface area contributed by atoms with Gasteiger partial charge in [-0.25, -0.2) is 9.48 Å². The largest absolute Gasteiger partial charge is 0.325 e. The topological polar surface area (TPSA) is 93.0 Å². The Morgan fingerprint density at radius 3 is 2.78 bits per heavy atom. The molecule has 2 aliphatic rings. The zero-order valence-corrected chi connectivity index (χ0v) is 12.7. The van der Waals surface area contributed by atoms with Gasteiger partial charge in [0.2, 0.25) is 0 Å². The first-order chi connectivity index (χ1) is 11.1. The van der Waals surface area contributed by atoms with Crippen LogP contribution in [0.4, 0.5) is 4.79 Å². The molecule has 1 fully saturated rings. The van der Waals surface area contributed by atoms with Gasteiger partial charge in [0.25, 0.3) is 5.91 Å². The molecular weight excluding hydrogens is 296 g/mol. The van der Waals surface area contributed by atoms with Gasteiger partial charge in [-0.2, -0.15) is 0 Å². The molecule has 1 aromatic heterocycles. The number of tetrazole rings is 1. The third-order valence-corrected chi connectivity index (χ3v) is 4.69. The summed E-state index contributed by atoms with van der Waals surface area (Å²) in [5, 5.41) is 14.0. The van der Waals surface area contributed by atoms with Crippen LogP contribution in [0.5, 0.6) is 0 Å². The Bertz CT molecular complexity index is 801. The molecule has 0 radical (unpaired) electrons. The normalized spacial score (nSPS) is 23.3. The number of aryl methyl sites for hydroxylation is 2. The maximum absolute atomic E-state index is 12.9. The molecule has 1 aliphatic carbocycles. The van der Waals surface area contributed by atoms with E-state index in [2.05, 4.69) is 26.9 Å². The van der Waals surface area contributed by atoms with Gasteiger partial charge < -0.3 is 5.32 Å². The lowest BCUT2D eigenvalue weighted by atomic mass is 9.78. The van der Waals surface area contributed by atoms with E-state index in [-0.39, 0.29) is 18.5 Å². The Morgan fingerprint density at radius 1 is 1.26 bits per heavy atom. The van der Waals surface area contributed by atoms with Crippen LogP contribution in [0.2, 0.25) is 0 Å². The first-order valence-corrected chi connectivity index (χ1v) is 7.51. The second-order valence-corrected chi connectivity index (χ2v) is 6.07. The number of amides is 3. The summed E-state index contributed by atoms with van der Waals surface area (Å²) >= 11 is 0. The van der Waals surface area contributed by atoms with Gasteiger partial charge in [-0.15, -0.1) is 5.10 Å². The molecule has 1 spiro atoms. The summed E-state index contributed by atoms with van der Waals surface area (Å²) in [5.41, 5.74) is 1.53. The Kier molecular flexibility index (Phi) is 2.93. The van der Waals surface area contributed by atoms with Crippen molar-refractivity contribution in [2.75, 3.05) is 0 Å². The van der Waals surface area contributed by atoms with Crippen LogP contribution in [0.15, 0.2) is 24.3 Å². The van der Waals surface area contributed by atoms with Crippen LogP contribution in [-0.2, 0) is 31.2 Å². The summed E-state index contributed by atoms with van der Waals surface area (Å²) in [5.74, 6) is 0.279. The molecule has 1 N–H and O–H groups in total. The minimum absolute atomic E-state index is 0.0809. The molecule has 1 aromatic carbocycles. The molecule has 1 aliphatic heterocycles. The molecule has 1 atom stereocenters. The van der Waals surface area contributed by atoms with Crippen molar-refractivity contribution in [3.63, 3.8) is 0 Å². The number of carbonyl (C=O) groups excluding carboxylic acids is 2. The smallest absolute Gasteiger partial charge is 0.323 e. The van der Waals surface area contributed by atoms with E-state index < -0.39 is 5.54 Å². The molecule has 8 heteroatoms. The lowest BCUT2D eigenvalue weighted by Crippen LogP contribution is -2.51. The van der Waals surface area contributed by atoms with E-state index in [1.54, 1.807) is 7.05 Å². The molecule has 1 saturated heterocycles. The SMILES string of the molecule is Cn1nnnc1CN1C(=O)NC2(CCc3ccccc3C2)C1=O. The molecular formula is C15H16N6O2. The van der Waals surface area contributed by atoms with Crippen molar-refractivity contribution >= 4 is 11.9 Å². The van der Waals surface area contributed by atoms with Crippen molar-refractivity contribution in [2.24, 2.45) is 7.05 Å². The average Bonchev–Trinajstić information content (AvgIpc) is 3.05. The van der Waals surface area contributed by atoms with Gasteiger partial charge in [-0.3, -0.25) is 9.69 Å². The van der Waals surface area contributed by atoms with E-state index in [0.717, 1.165) is 12.0 Å². The number of urea groups is 1. The minimum Gasteiger partial charge on any atom is -0.323 e. The van der Waals surface area contributed by atoms with Crippen molar-refractivity contribution in [3.05, 3.63) is 41.2 Å². The third kappa shape index (κ3) is 2.09. The van der Waals surface area contributed by atoms with E-state index in [0.29, 0.717) is 18.7 Å². The fourth-order valence-corrected chi connectivity index (χ4v) is 3.37. The van der Waals surface area contributed by atoms with Crippen LogP contribution in [0.3, 0.4) is 0 Å². The molecule has 4 rings (SSSR count). The molecule has 118 valence electrons. The van der Waals surface area contributed by atoms with Gasteiger partial charge >= 0.3 is 6.03 Å². The molecule has 8 nitrogen and oxygen atoms in total. The summed E-state index contributed by atoms with van der Waals surface area (Å²) in [6, 6.07) is 7.68. The highest BCUT2D eigenvalue weighted by Crippen LogP contribution is 2.33. The molecule has 2 heterocycles. The van der Waals surface area contributed by atoms with Crippen molar-refractivity contribution in [1.82, 2.24) is 30.4 Å². The summed E-state index contributed by atoms with van der Waals surface area (Å²) in [4.78, 5) is 26.4. The summed E-state index contributed by atoms with van der Waals surface area (Å²) < 4.78 is 1.46. The highest BCUT2D eigenvalue weighted by molar-refractivity contribution is 6.07. The number of fused-ring (bicyclic) bond motifs is 1. The third-order valence-electron chi connectivity index (χ3n) is 4.69. The van der Waals surface area contributed by atoms with Crippen LogP contribution in [0.1, 0.15) is 23.4 Å². The van der Waals surface area contributed by atoms with Gasteiger partial charge in [0, 0.05) is 13.5 Å².